The van der Waals surface area contributed by atoms with Gasteiger partial charge in [0, 0.05) is 12.3 Å². The zero-order valence-electron chi connectivity index (χ0n) is 10.9. The number of rotatable bonds is 6. The minimum absolute atomic E-state index is 0.530. The van der Waals surface area contributed by atoms with Crippen molar-refractivity contribution in [1.29, 1.82) is 0 Å². The highest BCUT2D eigenvalue weighted by Gasteiger charge is 2.03. The minimum atomic E-state index is 0.530. The third-order valence-corrected chi connectivity index (χ3v) is 3.04. The number of likely N-dealkylation sites (N-methyl/N-ethyl adjacent to an activating group) is 1. The first-order valence-electron chi connectivity index (χ1n) is 6.24. The summed E-state index contributed by atoms with van der Waals surface area (Å²) in [5, 5.41) is 3.74. The van der Waals surface area contributed by atoms with Crippen LogP contribution in [-0.4, -0.2) is 18.6 Å². The fourth-order valence-corrected chi connectivity index (χ4v) is 2.00. The van der Waals surface area contributed by atoms with Crippen molar-refractivity contribution in [3.63, 3.8) is 0 Å². The van der Waals surface area contributed by atoms with Crippen LogP contribution in [0.1, 0.15) is 11.1 Å². The van der Waals surface area contributed by atoms with Crippen molar-refractivity contribution in [2.75, 3.05) is 13.6 Å². The number of benzene rings is 1. The summed E-state index contributed by atoms with van der Waals surface area (Å²) >= 11 is 5.88. The number of nitrogens with one attached hydrogen (secondary N) is 1. The summed E-state index contributed by atoms with van der Waals surface area (Å²) in [6.45, 7) is 1.48. The van der Waals surface area contributed by atoms with Crippen LogP contribution in [0.25, 0.3) is 0 Å². The van der Waals surface area contributed by atoms with Crippen LogP contribution in [0.3, 0.4) is 0 Å². The van der Waals surface area contributed by atoms with Crippen LogP contribution in [0, 0.1) is 0 Å². The maximum Gasteiger partial charge on any atom is 0.139 e. The summed E-state index contributed by atoms with van der Waals surface area (Å²) in [5.41, 5.74) is 2.49. The van der Waals surface area contributed by atoms with Gasteiger partial charge in [0.2, 0.25) is 0 Å². The number of pyridine rings is 1. The topological polar surface area (TPSA) is 34.1 Å². The highest BCUT2D eigenvalue weighted by atomic mass is 35.5. The van der Waals surface area contributed by atoms with Gasteiger partial charge in [0.25, 0.3) is 0 Å². The average molecular weight is 277 g/mol. The first-order chi connectivity index (χ1) is 9.29. The molecule has 0 atom stereocenters. The molecule has 0 bridgehead atoms. The van der Waals surface area contributed by atoms with E-state index >= 15 is 0 Å². The van der Waals surface area contributed by atoms with Crippen molar-refractivity contribution in [2.45, 2.75) is 13.0 Å². The molecule has 0 saturated carbocycles. The van der Waals surface area contributed by atoms with Crippen LogP contribution in [0.4, 0.5) is 0 Å². The van der Waals surface area contributed by atoms with Gasteiger partial charge >= 0.3 is 0 Å². The Bertz CT molecular complexity index is 531. The molecule has 0 fully saturated rings. The average Bonchev–Trinajstić information content (AvgIpc) is 2.44. The van der Waals surface area contributed by atoms with Crippen molar-refractivity contribution >= 4 is 11.6 Å². The van der Waals surface area contributed by atoms with Crippen LogP contribution in [0.15, 0.2) is 42.7 Å². The molecule has 19 heavy (non-hydrogen) atoms. The number of hydrogen-bond acceptors (Lipinski definition) is 3. The van der Waals surface area contributed by atoms with Gasteiger partial charge in [0.05, 0.1) is 11.2 Å². The molecule has 2 rings (SSSR count). The third kappa shape index (κ3) is 4.23. The molecule has 0 radical (unpaired) electrons. The zero-order chi connectivity index (χ0) is 13.5. The molecule has 2 aromatic rings. The number of hydrogen-bond donors (Lipinski definition) is 1. The molecule has 0 amide bonds. The third-order valence-electron chi connectivity index (χ3n) is 2.84. The number of aromatic nitrogens is 1. The van der Waals surface area contributed by atoms with E-state index < -0.39 is 0 Å². The van der Waals surface area contributed by atoms with Gasteiger partial charge in [-0.1, -0.05) is 35.9 Å². The maximum absolute atomic E-state index is 5.88. The quantitative estimate of drug-likeness (QED) is 0.880. The van der Waals surface area contributed by atoms with Gasteiger partial charge in [-0.3, -0.25) is 4.98 Å². The predicted octanol–water partition coefficient (Wildman–Crippen LogP) is 3.08. The molecule has 1 heterocycles. The lowest BCUT2D eigenvalue weighted by molar-refractivity contribution is 0.303. The highest BCUT2D eigenvalue weighted by Crippen LogP contribution is 2.18. The van der Waals surface area contributed by atoms with Gasteiger partial charge in [-0.05, 0) is 31.1 Å². The van der Waals surface area contributed by atoms with Crippen molar-refractivity contribution in [2.24, 2.45) is 0 Å². The first kappa shape index (κ1) is 13.8. The van der Waals surface area contributed by atoms with Crippen LogP contribution in [-0.2, 0) is 13.0 Å². The van der Waals surface area contributed by atoms with Gasteiger partial charge in [-0.15, -0.1) is 0 Å². The van der Waals surface area contributed by atoms with Crippen LogP contribution in [0.2, 0.25) is 5.02 Å². The smallest absolute Gasteiger partial charge is 0.139 e. The van der Waals surface area contributed by atoms with Crippen LogP contribution < -0.4 is 10.1 Å². The van der Waals surface area contributed by atoms with E-state index in [-0.39, 0.29) is 0 Å². The number of ether oxygens (including phenoxy) is 1. The van der Waals surface area contributed by atoms with E-state index in [1.54, 1.807) is 18.5 Å². The summed E-state index contributed by atoms with van der Waals surface area (Å²) < 4.78 is 5.73. The molecule has 100 valence electrons. The van der Waals surface area contributed by atoms with Gasteiger partial charge < -0.3 is 10.1 Å². The molecule has 0 unspecified atom stereocenters. The van der Waals surface area contributed by atoms with E-state index in [0.717, 1.165) is 13.0 Å². The van der Waals surface area contributed by atoms with E-state index in [4.69, 9.17) is 16.3 Å². The highest BCUT2D eigenvalue weighted by molar-refractivity contribution is 6.30. The Morgan fingerprint density at radius 2 is 2.00 bits per heavy atom. The molecule has 3 nitrogen and oxygen atoms in total. The van der Waals surface area contributed by atoms with E-state index in [9.17, 15) is 0 Å². The lowest BCUT2D eigenvalue weighted by Crippen LogP contribution is -2.12. The second kappa shape index (κ2) is 7.12. The molecule has 0 aliphatic rings. The van der Waals surface area contributed by atoms with Crippen LogP contribution in [0.5, 0.6) is 5.75 Å². The fraction of sp³-hybridized carbons (Fsp3) is 0.267. The molecule has 0 aliphatic heterocycles. The van der Waals surface area contributed by atoms with E-state index in [2.05, 4.69) is 28.5 Å². The van der Waals surface area contributed by atoms with E-state index in [0.29, 0.717) is 17.4 Å². The SMILES string of the molecule is CNCCc1ccccc1COc1cncc(Cl)c1. The minimum Gasteiger partial charge on any atom is -0.487 e. The summed E-state index contributed by atoms with van der Waals surface area (Å²) in [6, 6.07) is 10.1. The largest absolute Gasteiger partial charge is 0.487 e. The predicted molar refractivity (Wildman–Crippen MR) is 77.7 cm³/mol. The van der Waals surface area contributed by atoms with Crippen molar-refractivity contribution in [3.05, 3.63) is 58.9 Å². The van der Waals surface area contributed by atoms with E-state index in [1.165, 1.54) is 11.1 Å². The van der Waals surface area contributed by atoms with Crippen molar-refractivity contribution in [1.82, 2.24) is 10.3 Å². The van der Waals surface area contributed by atoms with Gasteiger partial charge in [0.1, 0.15) is 12.4 Å². The Kier molecular flexibility index (Phi) is 5.19. The number of nitrogens with zero attached hydrogens (tertiary/aromatic N) is 1. The molecular weight excluding hydrogens is 260 g/mol. The monoisotopic (exact) mass is 276 g/mol. The number of halogens is 1. The van der Waals surface area contributed by atoms with Gasteiger partial charge in [-0.25, -0.2) is 0 Å². The summed E-state index contributed by atoms with van der Waals surface area (Å²) in [5.74, 6) is 0.691. The zero-order valence-corrected chi connectivity index (χ0v) is 11.7. The molecule has 1 N–H and O–H groups in total. The molecule has 0 aliphatic carbocycles. The van der Waals surface area contributed by atoms with Gasteiger partial charge in [-0.2, -0.15) is 0 Å². The second-order valence-corrected chi connectivity index (χ2v) is 4.69. The standard InChI is InChI=1S/C15H17ClN2O/c1-17-7-6-12-4-2-3-5-13(12)11-19-15-8-14(16)9-18-10-15/h2-5,8-10,17H,6-7,11H2,1H3. The summed E-state index contributed by atoms with van der Waals surface area (Å²) in [4.78, 5) is 4.00. The molecule has 0 spiro atoms. The summed E-state index contributed by atoms with van der Waals surface area (Å²) in [7, 11) is 1.96. The Labute approximate surface area is 118 Å². The molecule has 0 saturated heterocycles. The maximum atomic E-state index is 5.88. The first-order valence-corrected chi connectivity index (χ1v) is 6.62. The normalized spacial score (nSPS) is 10.4. The molecular formula is C15H17ClN2O. The molecule has 1 aromatic carbocycles. The second-order valence-electron chi connectivity index (χ2n) is 4.25. The Morgan fingerprint density at radius 3 is 2.74 bits per heavy atom. The Morgan fingerprint density at radius 1 is 1.21 bits per heavy atom. The molecule has 4 heteroatoms. The fourth-order valence-electron chi connectivity index (χ4n) is 1.83. The van der Waals surface area contributed by atoms with Crippen LogP contribution >= 0.6 is 11.6 Å². The summed E-state index contributed by atoms with van der Waals surface area (Å²) in [6.07, 6.45) is 4.25. The lowest BCUT2D eigenvalue weighted by atomic mass is 10.1. The van der Waals surface area contributed by atoms with E-state index in [1.807, 2.05) is 13.1 Å². The van der Waals surface area contributed by atoms with Crippen molar-refractivity contribution < 1.29 is 4.74 Å². The Hall–Kier alpha value is -1.58. The molecule has 1 aromatic heterocycles. The van der Waals surface area contributed by atoms with Gasteiger partial charge in [0.15, 0.2) is 0 Å². The Balaban J connectivity index is 2.02. The lowest BCUT2D eigenvalue weighted by Gasteiger charge is -2.11. The van der Waals surface area contributed by atoms with Crippen molar-refractivity contribution in [3.8, 4) is 5.75 Å².